The van der Waals surface area contributed by atoms with Crippen LogP contribution in [0, 0.1) is 33.3 Å². The Morgan fingerprint density at radius 1 is 1.23 bits per heavy atom. The first kappa shape index (κ1) is 38.7. The number of pyridine rings is 1. The topological polar surface area (TPSA) is 75.6 Å². The summed E-state index contributed by atoms with van der Waals surface area (Å²) in [6, 6.07) is 14.7. The number of nitrogens with one attached hydrogen (secondary N) is 2. The van der Waals surface area contributed by atoms with Crippen LogP contribution in [0.5, 0.6) is 5.75 Å². The monoisotopic (exact) mass is 610 g/mol. The second-order valence-electron chi connectivity index (χ2n) is 7.86. The number of carbonyl (C=O) groups excluding carboxylic acids is 1. The van der Waals surface area contributed by atoms with Crippen LogP contribution in [0.1, 0.15) is 55.7 Å². The van der Waals surface area contributed by atoms with Crippen molar-refractivity contribution in [1.82, 2.24) is 10.3 Å². The summed E-state index contributed by atoms with van der Waals surface area (Å²) in [7, 11) is 7.13. The molecule has 0 spiro atoms. The molecule has 0 bridgehead atoms. The number of hydrogen-bond donors (Lipinski definition) is 2. The van der Waals surface area contributed by atoms with Gasteiger partial charge < -0.3 is 27.8 Å². The number of ether oxygens (including phenoxy) is 1. The van der Waals surface area contributed by atoms with Gasteiger partial charge in [-0.05, 0) is 75.8 Å². The van der Waals surface area contributed by atoms with E-state index in [-0.39, 0.29) is 46.0 Å². The van der Waals surface area contributed by atoms with Crippen molar-refractivity contribution < 1.29 is 46.6 Å². The van der Waals surface area contributed by atoms with E-state index in [4.69, 9.17) is 4.74 Å². The van der Waals surface area contributed by atoms with Crippen molar-refractivity contribution in [3.63, 3.8) is 0 Å². The SMILES string of the molecule is CC.CCC(C)=Nc1c(C)cc(C=O)cc1OC.[CH2-]Nc1[c-]cc(CCNC)nc1-c1ccc(F)cc1.[CH3-].[Y+3]. The maximum atomic E-state index is 13.0. The number of aliphatic imine (C=N–C) groups is 1. The quantitative estimate of drug-likeness (QED) is 0.150. The molecule has 3 aromatic rings. The van der Waals surface area contributed by atoms with Crippen LogP contribution in [-0.4, -0.2) is 37.7 Å². The number of likely N-dealkylation sites (N-methyl/N-ethyl adjacent to an activating group) is 1. The minimum absolute atomic E-state index is 0. The Morgan fingerprint density at radius 2 is 1.87 bits per heavy atom. The first-order chi connectivity index (χ1) is 17.9. The van der Waals surface area contributed by atoms with Crippen LogP contribution in [0.4, 0.5) is 15.8 Å². The molecule has 0 aliphatic rings. The van der Waals surface area contributed by atoms with Gasteiger partial charge in [0, 0.05) is 11.3 Å². The van der Waals surface area contributed by atoms with Crippen LogP contribution in [0.15, 0.2) is 47.5 Å². The molecule has 0 saturated heterocycles. The number of aldehydes is 1. The van der Waals surface area contributed by atoms with Gasteiger partial charge >= 0.3 is 32.7 Å². The molecule has 3 rings (SSSR count). The van der Waals surface area contributed by atoms with Gasteiger partial charge in [0.15, 0.2) is 0 Å². The molecule has 6 nitrogen and oxygen atoms in total. The van der Waals surface area contributed by atoms with Gasteiger partial charge in [-0.25, -0.2) is 4.39 Å². The normalized spacial score (nSPS) is 9.92. The van der Waals surface area contributed by atoms with Crippen molar-refractivity contribution in [2.24, 2.45) is 4.99 Å². The average molecular weight is 611 g/mol. The third-order valence-corrected chi connectivity index (χ3v) is 5.26. The van der Waals surface area contributed by atoms with Crippen LogP contribution in [0.2, 0.25) is 0 Å². The van der Waals surface area contributed by atoms with Gasteiger partial charge in [0.25, 0.3) is 0 Å². The second kappa shape index (κ2) is 21.4. The predicted octanol–water partition coefficient (Wildman–Crippen LogP) is 7.45. The number of benzene rings is 2. The average Bonchev–Trinajstić information content (AvgIpc) is 2.94. The molecule has 208 valence electrons. The minimum Gasteiger partial charge on any atom is -0.557 e. The van der Waals surface area contributed by atoms with Crippen LogP contribution < -0.4 is 15.4 Å². The maximum Gasteiger partial charge on any atom is 3.00 e. The molecule has 0 radical (unpaired) electrons. The minimum atomic E-state index is -0.261. The van der Waals surface area contributed by atoms with Crippen molar-refractivity contribution in [2.45, 2.75) is 47.5 Å². The van der Waals surface area contributed by atoms with Crippen molar-refractivity contribution in [1.29, 1.82) is 0 Å². The third kappa shape index (κ3) is 12.5. The summed E-state index contributed by atoms with van der Waals surface area (Å²) in [6.07, 6.45) is 2.53. The molecule has 0 amide bonds. The van der Waals surface area contributed by atoms with E-state index < -0.39 is 0 Å². The van der Waals surface area contributed by atoms with Crippen molar-refractivity contribution >= 4 is 23.4 Å². The molecule has 39 heavy (non-hydrogen) atoms. The Hall–Kier alpha value is -2.48. The Morgan fingerprint density at radius 3 is 2.38 bits per heavy atom. The van der Waals surface area contributed by atoms with Gasteiger partial charge in [-0.2, -0.15) is 12.1 Å². The number of hydrogen-bond acceptors (Lipinski definition) is 6. The smallest absolute Gasteiger partial charge is 0.557 e. The third-order valence-electron chi connectivity index (χ3n) is 5.26. The van der Waals surface area contributed by atoms with Gasteiger partial charge in [0.2, 0.25) is 0 Å². The predicted molar refractivity (Wildman–Crippen MR) is 159 cm³/mol. The number of halogens is 1. The number of aromatic nitrogens is 1. The van der Waals surface area contributed by atoms with E-state index in [0.717, 1.165) is 59.6 Å². The van der Waals surface area contributed by atoms with Crippen molar-refractivity contribution in [3.8, 4) is 17.0 Å². The number of anilines is 1. The Kier molecular flexibility index (Phi) is 21.2. The van der Waals surface area contributed by atoms with E-state index in [2.05, 4.69) is 40.6 Å². The van der Waals surface area contributed by atoms with Crippen molar-refractivity contribution in [3.05, 3.63) is 85.6 Å². The van der Waals surface area contributed by atoms with Gasteiger partial charge in [-0.1, -0.05) is 49.8 Å². The summed E-state index contributed by atoms with van der Waals surface area (Å²) < 4.78 is 18.2. The summed E-state index contributed by atoms with van der Waals surface area (Å²) in [5, 5.41) is 5.89. The molecule has 0 atom stereocenters. The van der Waals surface area contributed by atoms with Crippen LogP contribution in [0.25, 0.3) is 11.3 Å². The van der Waals surface area contributed by atoms with E-state index in [0.29, 0.717) is 17.0 Å². The number of aryl methyl sites for hydroxylation is 1. The molecule has 0 aliphatic heterocycles. The number of carbonyl (C=O) groups is 1. The first-order valence-corrected chi connectivity index (χ1v) is 12.4. The Balaban J connectivity index is 0. The van der Waals surface area contributed by atoms with E-state index in [1.54, 1.807) is 25.3 Å². The molecular weight excluding hydrogens is 568 g/mol. The zero-order valence-electron chi connectivity index (χ0n) is 24.6. The summed E-state index contributed by atoms with van der Waals surface area (Å²) in [5.74, 6) is 0.387. The standard InChI is InChI=1S/C15H16FN3.C13H17NO2.C2H6.CH3.Y/c1-17-10-9-13-7-8-14(18-2)15(19-13)11-3-5-12(16)6-4-11;1-5-10(3)14-13-9(2)6-11(8-15)7-12(13)16-4;1-2;;/h3-7,17-18H,2,9-10H2,1H3;6-8H,5H2,1-4H3;1-2H3;1H3;/q-2;;;-1;+3. The number of rotatable bonds is 9. The molecule has 0 unspecified atom stereocenters. The molecule has 0 aliphatic carbocycles. The Labute approximate surface area is 260 Å². The summed E-state index contributed by atoms with van der Waals surface area (Å²) in [5.41, 5.74) is 6.65. The zero-order valence-corrected chi connectivity index (χ0v) is 27.5. The van der Waals surface area contributed by atoms with Gasteiger partial charge in [0.05, 0.1) is 7.11 Å². The first-order valence-electron chi connectivity index (χ1n) is 12.4. The molecule has 1 heterocycles. The van der Waals surface area contributed by atoms with E-state index in [1.165, 1.54) is 12.1 Å². The summed E-state index contributed by atoms with van der Waals surface area (Å²) >= 11 is 0. The molecule has 1 aromatic heterocycles. The second-order valence-corrected chi connectivity index (χ2v) is 7.86. The molecular formula is C31H42FN4O2Y. The van der Waals surface area contributed by atoms with Crippen LogP contribution in [0.3, 0.4) is 0 Å². The summed E-state index contributed by atoms with van der Waals surface area (Å²) in [6.45, 7) is 10.8. The molecule has 8 heteroatoms. The number of nitrogens with zero attached hydrogens (tertiary/aromatic N) is 2. The maximum absolute atomic E-state index is 13.0. The fraction of sp³-hybridized carbons (Fsp3) is 0.323. The van der Waals surface area contributed by atoms with E-state index in [1.807, 2.05) is 46.9 Å². The number of methoxy groups -OCH3 is 1. The summed E-state index contributed by atoms with van der Waals surface area (Å²) in [4.78, 5) is 19.8. The zero-order chi connectivity index (χ0) is 27.8. The van der Waals surface area contributed by atoms with E-state index >= 15 is 0 Å². The van der Waals surface area contributed by atoms with E-state index in [9.17, 15) is 9.18 Å². The molecule has 2 aromatic carbocycles. The molecule has 0 fully saturated rings. The van der Waals surface area contributed by atoms with Crippen molar-refractivity contribution in [2.75, 3.05) is 26.0 Å². The molecule has 2 N–H and O–H groups in total. The fourth-order valence-corrected chi connectivity index (χ4v) is 3.20. The van der Waals surface area contributed by atoms with Gasteiger partial charge in [-0.3, -0.25) is 16.8 Å². The van der Waals surface area contributed by atoms with Crippen LogP contribution >= 0.6 is 0 Å². The van der Waals surface area contributed by atoms with Gasteiger partial charge in [-0.15, -0.1) is 0 Å². The van der Waals surface area contributed by atoms with Crippen LogP contribution in [-0.2, 0) is 39.1 Å². The molecule has 0 saturated carbocycles. The largest absolute Gasteiger partial charge is 3.00 e. The van der Waals surface area contributed by atoms with Gasteiger partial charge in [0.1, 0.15) is 23.5 Å². The Bertz CT molecular complexity index is 1150. The fourth-order valence-electron chi connectivity index (χ4n) is 3.20.